The summed E-state index contributed by atoms with van der Waals surface area (Å²) in [6.45, 7) is 2.01. The van der Waals surface area contributed by atoms with Crippen LogP contribution in [0.25, 0.3) is 6.08 Å². The summed E-state index contributed by atoms with van der Waals surface area (Å²) in [5, 5.41) is 2.44. The minimum absolute atomic E-state index is 0.237. The van der Waals surface area contributed by atoms with Crippen molar-refractivity contribution in [1.29, 1.82) is 0 Å². The number of rotatable bonds is 7. The van der Waals surface area contributed by atoms with E-state index < -0.39 is 23.6 Å². The molecule has 1 fully saturated rings. The first-order valence-corrected chi connectivity index (χ1v) is 11.1. The van der Waals surface area contributed by atoms with Gasteiger partial charge in [0.2, 0.25) is 5.91 Å². The van der Waals surface area contributed by atoms with Crippen molar-refractivity contribution in [2.24, 2.45) is 0 Å². The Morgan fingerprint density at radius 2 is 1.97 bits per heavy atom. The van der Waals surface area contributed by atoms with Crippen LogP contribution in [0.4, 0.5) is 10.5 Å². The van der Waals surface area contributed by atoms with Gasteiger partial charge in [-0.05, 0) is 76.6 Å². The molecule has 1 N–H and O–H groups in total. The van der Waals surface area contributed by atoms with E-state index in [-0.39, 0.29) is 4.91 Å². The number of halogens is 2. The monoisotopic (exact) mass is 524 g/mol. The number of carbonyl (C=O) groups excluding carboxylic acids is 3. The van der Waals surface area contributed by atoms with Gasteiger partial charge < -0.3 is 14.8 Å². The summed E-state index contributed by atoms with van der Waals surface area (Å²) >= 11 is 10.3. The smallest absolute Gasteiger partial charge is 0.294 e. The van der Waals surface area contributed by atoms with Gasteiger partial charge in [0.1, 0.15) is 18.0 Å². The number of nitrogens with zero attached hydrogens (tertiary/aromatic N) is 1. The molecule has 0 bridgehead atoms. The third-order valence-corrected chi connectivity index (χ3v) is 5.99. The summed E-state index contributed by atoms with van der Waals surface area (Å²) in [6, 6.07) is 10.1. The third kappa shape index (κ3) is 5.61. The van der Waals surface area contributed by atoms with Crippen molar-refractivity contribution in [2.75, 3.05) is 25.6 Å². The highest BCUT2D eigenvalue weighted by atomic mass is 79.9. The van der Waals surface area contributed by atoms with Crippen LogP contribution in [0.15, 0.2) is 45.8 Å². The van der Waals surface area contributed by atoms with E-state index in [2.05, 4.69) is 21.2 Å². The standard InChI is InChI=1S/C21H18BrClN2O5S/c1-3-30-16-6-4-12(8-14(16)22)9-18-20(27)25(21(28)31-18)11-19(26)24-13-5-7-17(29-2)15(23)10-13/h4-10H,3,11H2,1-2H3,(H,24,26)/b18-9-. The molecule has 2 aromatic carbocycles. The molecular formula is C21H18BrClN2O5S. The van der Waals surface area contributed by atoms with Gasteiger partial charge in [-0.3, -0.25) is 19.3 Å². The van der Waals surface area contributed by atoms with Crippen molar-refractivity contribution in [3.05, 3.63) is 56.4 Å². The number of anilines is 1. The summed E-state index contributed by atoms with van der Waals surface area (Å²) in [5.74, 6) is 0.108. The number of benzene rings is 2. The first-order valence-electron chi connectivity index (χ1n) is 9.13. The van der Waals surface area contributed by atoms with Crippen molar-refractivity contribution in [1.82, 2.24) is 4.90 Å². The Hall–Kier alpha value is -2.49. The lowest BCUT2D eigenvalue weighted by molar-refractivity contribution is -0.127. The highest BCUT2D eigenvalue weighted by Crippen LogP contribution is 2.34. The van der Waals surface area contributed by atoms with E-state index in [9.17, 15) is 14.4 Å². The number of amides is 3. The largest absolute Gasteiger partial charge is 0.495 e. The topological polar surface area (TPSA) is 84.9 Å². The van der Waals surface area contributed by atoms with E-state index in [1.54, 1.807) is 36.4 Å². The van der Waals surface area contributed by atoms with Crippen LogP contribution in [0.2, 0.25) is 5.02 Å². The summed E-state index contributed by atoms with van der Waals surface area (Å²) in [7, 11) is 1.48. The Morgan fingerprint density at radius 1 is 1.23 bits per heavy atom. The quantitative estimate of drug-likeness (QED) is 0.501. The van der Waals surface area contributed by atoms with E-state index >= 15 is 0 Å². The van der Waals surface area contributed by atoms with Gasteiger partial charge in [0.05, 0.1) is 28.1 Å². The van der Waals surface area contributed by atoms with Gasteiger partial charge in [-0.2, -0.15) is 0 Å². The third-order valence-electron chi connectivity index (χ3n) is 4.16. The van der Waals surface area contributed by atoms with Crippen molar-refractivity contribution in [3.63, 3.8) is 0 Å². The van der Waals surface area contributed by atoms with Crippen LogP contribution >= 0.6 is 39.3 Å². The molecule has 31 heavy (non-hydrogen) atoms. The molecule has 0 unspecified atom stereocenters. The predicted octanol–water partition coefficient (Wildman–Crippen LogP) is 5.18. The Labute approximate surface area is 196 Å². The number of imide groups is 1. The van der Waals surface area contributed by atoms with Gasteiger partial charge in [-0.25, -0.2) is 0 Å². The summed E-state index contributed by atoms with van der Waals surface area (Å²) in [6.07, 6.45) is 1.60. The maximum atomic E-state index is 12.7. The fourth-order valence-corrected chi connectivity index (χ4v) is 4.36. The summed E-state index contributed by atoms with van der Waals surface area (Å²) in [5.41, 5.74) is 1.15. The fourth-order valence-electron chi connectivity index (χ4n) is 2.76. The second-order valence-corrected chi connectivity index (χ2v) is 8.54. The van der Waals surface area contributed by atoms with Gasteiger partial charge in [0.15, 0.2) is 0 Å². The molecule has 0 aromatic heterocycles. The lowest BCUT2D eigenvalue weighted by Gasteiger charge is -2.13. The van der Waals surface area contributed by atoms with Crippen LogP contribution in [-0.4, -0.2) is 42.2 Å². The molecule has 7 nitrogen and oxygen atoms in total. The molecule has 1 saturated heterocycles. The summed E-state index contributed by atoms with van der Waals surface area (Å²) < 4.78 is 11.3. The minimum Gasteiger partial charge on any atom is -0.495 e. The Kier molecular flexibility index (Phi) is 7.64. The molecule has 0 aliphatic carbocycles. The number of thioether (sulfide) groups is 1. The van der Waals surface area contributed by atoms with Crippen LogP contribution < -0.4 is 14.8 Å². The molecule has 162 valence electrons. The van der Waals surface area contributed by atoms with Gasteiger partial charge in [0, 0.05) is 5.69 Å². The van der Waals surface area contributed by atoms with Crippen molar-refractivity contribution >= 4 is 68.1 Å². The molecule has 3 rings (SSSR count). The number of nitrogens with one attached hydrogen (secondary N) is 1. The zero-order valence-electron chi connectivity index (χ0n) is 16.6. The first-order chi connectivity index (χ1) is 14.8. The summed E-state index contributed by atoms with van der Waals surface area (Å²) in [4.78, 5) is 38.5. The average molecular weight is 526 g/mol. The molecule has 0 radical (unpaired) electrons. The molecule has 1 heterocycles. The van der Waals surface area contributed by atoms with E-state index in [0.29, 0.717) is 28.8 Å². The Balaban J connectivity index is 1.68. The highest BCUT2D eigenvalue weighted by molar-refractivity contribution is 9.10. The van der Waals surface area contributed by atoms with Gasteiger partial charge in [-0.15, -0.1) is 0 Å². The number of hydrogen-bond acceptors (Lipinski definition) is 6. The molecule has 0 spiro atoms. The van der Waals surface area contributed by atoms with Gasteiger partial charge in [-0.1, -0.05) is 17.7 Å². The fraction of sp³-hybridized carbons (Fsp3) is 0.190. The van der Waals surface area contributed by atoms with E-state index in [1.807, 2.05) is 6.92 Å². The van der Waals surface area contributed by atoms with E-state index in [1.165, 1.54) is 13.2 Å². The van der Waals surface area contributed by atoms with Crippen LogP contribution in [0.3, 0.4) is 0 Å². The second kappa shape index (κ2) is 10.2. The number of methoxy groups -OCH3 is 1. The first kappa shape index (κ1) is 23.2. The molecule has 10 heteroatoms. The van der Waals surface area contributed by atoms with E-state index in [4.69, 9.17) is 21.1 Å². The maximum absolute atomic E-state index is 12.7. The van der Waals surface area contributed by atoms with Gasteiger partial charge >= 0.3 is 0 Å². The van der Waals surface area contributed by atoms with Crippen molar-refractivity contribution in [2.45, 2.75) is 6.92 Å². The van der Waals surface area contributed by atoms with Crippen molar-refractivity contribution < 1.29 is 23.9 Å². The molecule has 2 aromatic rings. The van der Waals surface area contributed by atoms with Crippen LogP contribution in [0.5, 0.6) is 11.5 Å². The van der Waals surface area contributed by atoms with Crippen LogP contribution in [0, 0.1) is 0 Å². The molecule has 0 saturated carbocycles. The van der Waals surface area contributed by atoms with Crippen LogP contribution in [-0.2, 0) is 9.59 Å². The zero-order chi connectivity index (χ0) is 22.5. The molecule has 1 aliphatic rings. The number of carbonyl (C=O) groups is 3. The van der Waals surface area contributed by atoms with E-state index in [0.717, 1.165) is 26.7 Å². The average Bonchev–Trinajstić information content (AvgIpc) is 2.97. The van der Waals surface area contributed by atoms with Crippen molar-refractivity contribution in [3.8, 4) is 11.5 Å². The number of hydrogen-bond donors (Lipinski definition) is 1. The van der Waals surface area contributed by atoms with Gasteiger partial charge in [0.25, 0.3) is 11.1 Å². The maximum Gasteiger partial charge on any atom is 0.294 e. The Bertz CT molecular complexity index is 1080. The molecule has 1 aliphatic heterocycles. The normalized spacial score (nSPS) is 14.8. The molecular weight excluding hydrogens is 508 g/mol. The number of ether oxygens (including phenoxy) is 2. The zero-order valence-corrected chi connectivity index (χ0v) is 19.8. The molecule has 0 atom stereocenters. The lowest BCUT2D eigenvalue weighted by atomic mass is 10.2. The highest BCUT2D eigenvalue weighted by Gasteiger charge is 2.36. The Morgan fingerprint density at radius 3 is 2.61 bits per heavy atom. The predicted molar refractivity (Wildman–Crippen MR) is 125 cm³/mol. The SMILES string of the molecule is CCOc1ccc(/C=C2\SC(=O)N(CC(=O)Nc3ccc(OC)c(Cl)c3)C2=O)cc1Br. The second-order valence-electron chi connectivity index (χ2n) is 6.29. The minimum atomic E-state index is -0.525. The molecule has 3 amide bonds. The lowest BCUT2D eigenvalue weighted by Crippen LogP contribution is -2.36. The van der Waals surface area contributed by atoms with Crippen LogP contribution in [0.1, 0.15) is 12.5 Å².